The second kappa shape index (κ2) is 7.68. The number of anilines is 1. The Kier molecular flexibility index (Phi) is 4.94. The Morgan fingerprint density at radius 2 is 1.84 bits per heavy atom. The Hall–Kier alpha value is -3.31. The van der Waals surface area contributed by atoms with E-state index in [2.05, 4.69) is 6.92 Å². The number of benzene rings is 3. The Balaban J connectivity index is 1.66. The molecule has 3 aromatic rings. The van der Waals surface area contributed by atoms with Gasteiger partial charge in [0.15, 0.2) is 5.72 Å². The third-order valence-corrected chi connectivity index (χ3v) is 6.50. The third-order valence-electron chi connectivity index (χ3n) is 6.25. The first kappa shape index (κ1) is 20.6. The first-order valence-corrected chi connectivity index (χ1v) is 11.1. The lowest BCUT2D eigenvalue weighted by Gasteiger charge is -2.53. The minimum atomic E-state index is -0.917. The molecule has 0 radical (unpaired) electrons. The summed E-state index contributed by atoms with van der Waals surface area (Å²) in [5.41, 5.74) is 2.15. The summed E-state index contributed by atoms with van der Waals surface area (Å²) in [4.78, 5) is 30.6. The Labute approximate surface area is 192 Å². The molecule has 3 amide bonds. The van der Waals surface area contributed by atoms with Gasteiger partial charge in [0.05, 0.1) is 6.04 Å². The number of carbonyl (C=O) groups is 2. The van der Waals surface area contributed by atoms with Crippen molar-refractivity contribution in [3.8, 4) is 5.75 Å². The molecular weight excluding hydrogens is 424 g/mol. The maximum absolute atomic E-state index is 14.0. The molecular formula is C26H23ClN2O3. The van der Waals surface area contributed by atoms with Crippen molar-refractivity contribution in [1.82, 2.24) is 4.90 Å². The molecule has 0 N–H and O–H groups in total. The van der Waals surface area contributed by atoms with E-state index >= 15 is 0 Å². The number of urea groups is 1. The van der Waals surface area contributed by atoms with Gasteiger partial charge in [-0.3, -0.25) is 14.6 Å². The van der Waals surface area contributed by atoms with Crippen LogP contribution in [0.15, 0.2) is 72.8 Å². The van der Waals surface area contributed by atoms with Crippen molar-refractivity contribution in [3.63, 3.8) is 0 Å². The van der Waals surface area contributed by atoms with Gasteiger partial charge in [-0.15, -0.1) is 0 Å². The minimum absolute atomic E-state index is 0.355. The number of para-hydroxylation sites is 1. The summed E-state index contributed by atoms with van der Waals surface area (Å²) in [7, 11) is 0. The average molecular weight is 447 g/mol. The first-order chi connectivity index (χ1) is 15.4. The van der Waals surface area contributed by atoms with Crippen LogP contribution in [0.4, 0.5) is 10.5 Å². The van der Waals surface area contributed by atoms with Crippen molar-refractivity contribution in [1.29, 1.82) is 0 Å². The zero-order valence-electron chi connectivity index (χ0n) is 17.9. The van der Waals surface area contributed by atoms with Crippen LogP contribution in [0.3, 0.4) is 0 Å². The van der Waals surface area contributed by atoms with E-state index < -0.39 is 17.8 Å². The number of hydrogen-bond acceptors (Lipinski definition) is 3. The summed E-state index contributed by atoms with van der Waals surface area (Å²) in [6, 6.07) is 21.2. The molecule has 3 aromatic carbocycles. The van der Waals surface area contributed by atoms with Crippen LogP contribution in [0.2, 0.25) is 5.02 Å². The van der Waals surface area contributed by atoms with Gasteiger partial charge in [-0.1, -0.05) is 48.9 Å². The van der Waals surface area contributed by atoms with E-state index in [1.165, 1.54) is 4.90 Å². The molecule has 32 heavy (non-hydrogen) atoms. The topological polar surface area (TPSA) is 49.9 Å². The van der Waals surface area contributed by atoms with Crippen LogP contribution in [-0.4, -0.2) is 22.6 Å². The summed E-state index contributed by atoms with van der Waals surface area (Å²) in [6.45, 7) is 3.98. The molecule has 2 bridgehead atoms. The van der Waals surface area contributed by atoms with Crippen LogP contribution in [0, 0.1) is 0 Å². The molecule has 0 aliphatic carbocycles. The fourth-order valence-corrected chi connectivity index (χ4v) is 4.79. The van der Waals surface area contributed by atoms with E-state index in [0.29, 0.717) is 28.4 Å². The van der Waals surface area contributed by atoms with E-state index in [4.69, 9.17) is 16.3 Å². The molecule has 2 heterocycles. The standard InChI is InChI=1S/C26H23ClN2O3/c1-3-17-7-6-8-20(15-17)29-25(31)28(24(30)18-11-13-19(27)14-12-18)22-16-26(29,2)32-23-10-5-4-9-21(22)23/h4-15,22H,3,16H2,1-2H3. The van der Waals surface area contributed by atoms with Crippen molar-refractivity contribution in [2.45, 2.75) is 38.5 Å². The highest BCUT2D eigenvalue weighted by Gasteiger charge is 2.55. The lowest BCUT2D eigenvalue weighted by atomic mass is 9.88. The zero-order valence-corrected chi connectivity index (χ0v) is 18.7. The SMILES string of the molecule is CCc1cccc(N2C(=O)N(C(=O)c3ccc(Cl)cc3)C3CC2(C)Oc2ccccc23)c1. The lowest BCUT2D eigenvalue weighted by Crippen LogP contribution is -2.67. The average Bonchev–Trinajstić information content (AvgIpc) is 2.79. The van der Waals surface area contributed by atoms with Gasteiger partial charge < -0.3 is 4.74 Å². The largest absolute Gasteiger partial charge is 0.467 e. The van der Waals surface area contributed by atoms with Gasteiger partial charge in [0.2, 0.25) is 0 Å². The summed E-state index contributed by atoms with van der Waals surface area (Å²) >= 11 is 6.02. The molecule has 0 aromatic heterocycles. The zero-order chi connectivity index (χ0) is 22.5. The van der Waals surface area contributed by atoms with Crippen molar-refractivity contribution < 1.29 is 14.3 Å². The van der Waals surface area contributed by atoms with Crippen LogP contribution < -0.4 is 9.64 Å². The van der Waals surface area contributed by atoms with Gasteiger partial charge in [0, 0.05) is 28.3 Å². The summed E-state index contributed by atoms with van der Waals surface area (Å²) in [5.74, 6) is 0.330. The maximum Gasteiger partial charge on any atom is 0.335 e. The minimum Gasteiger partial charge on any atom is -0.467 e. The number of rotatable bonds is 3. The number of fused-ring (bicyclic) bond motifs is 4. The molecule has 0 saturated carbocycles. The predicted octanol–water partition coefficient (Wildman–Crippen LogP) is 6.22. The Morgan fingerprint density at radius 1 is 1.09 bits per heavy atom. The quantitative estimate of drug-likeness (QED) is 0.479. The fourth-order valence-electron chi connectivity index (χ4n) is 4.67. The molecule has 1 saturated heterocycles. The Morgan fingerprint density at radius 3 is 2.59 bits per heavy atom. The second-order valence-electron chi connectivity index (χ2n) is 8.36. The summed E-state index contributed by atoms with van der Waals surface area (Å²) in [6.07, 6.45) is 1.30. The number of carbonyl (C=O) groups excluding carboxylic acids is 2. The van der Waals surface area contributed by atoms with Crippen LogP contribution in [0.5, 0.6) is 5.75 Å². The van der Waals surface area contributed by atoms with Gasteiger partial charge in [0.1, 0.15) is 5.75 Å². The lowest BCUT2D eigenvalue weighted by molar-refractivity contribution is 0.00268. The number of aryl methyl sites for hydroxylation is 1. The molecule has 1 fully saturated rings. The van der Waals surface area contributed by atoms with E-state index in [1.807, 2.05) is 55.5 Å². The molecule has 162 valence electrons. The van der Waals surface area contributed by atoms with Gasteiger partial charge in [0.25, 0.3) is 5.91 Å². The van der Waals surface area contributed by atoms with Gasteiger partial charge >= 0.3 is 6.03 Å². The molecule has 2 aliphatic rings. The van der Waals surface area contributed by atoms with Gasteiger partial charge in [-0.05, 0) is 61.4 Å². The van der Waals surface area contributed by atoms with Crippen molar-refractivity contribution in [2.24, 2.45) is 0 Å². The van der Waals surface area contributed by atoms with E-state index in [0.717, 1.165) is 17.5 Å². The molecule has 2 atom stereocenters. The second-order valence-corrected chi connectivity index (χ2v) is 8.79. The number of nitrogens with zero attached hydrogens (tertiary/aromatic N) is 2. The maximum atomic E-state index is 14.0. The molecule has 5 rings (SSSR count). The highest BCUT2D eigenvalue weighted by molar-refractivity contribution is 6.30. The third kappa shape index (κ3) is 3.24. The summed E-state index contributed by atoms with van der Waals surface area (Å²) < 4.78 is 6.40. The number of ether oxygens (including phenoxy) is 1. The fraction of sp³-hybridized carbons (Fsp3) is 0.231. The predicted molar refractivity (Wildman–Crippen MR) is 124 cm³/mol. The molecule has 5 nitrogen and oxygen atoms in total. The highest BCUT2D eigenvalue weighted by Crippen LogP contribution is 2.49. The molecule has 2 aliphatic heterocycles. The van der Waals surface area contributed by atoms with Crippen molar-refractivity contribution in [3.05, 3.63) is 94.5 Å². The number of halogens is 1. The number of imide groups is 1. The normalized spacial score (nSPS) is 21.7. The highest BCUT2D eigenvalue weighted by atomic mass is 35.5. The van der Waals surface area contributed by atoms with E-state index in [9.17, 15) is 9.59 Å². The van der Waals surface area contributed by atoms with Crippen LogP contribution in [-0.2, 0) is 6.42 Å². The smallest absolute Gasteiger partial charge is 0.335 e. The summed E-state index contributed by atoms with van der Waals surface area (Å²) in [5, 5.41) is 0.536. The molecule has 6 heteroatoms. The molecule has 0 spiro atoms. The van der Waals surface area contributed by atoms with Gasteiger partial charge in [-0.25, -0.2) is 4.79 Å². The molecule has 2 unspecified atom stereocenters. The Bertz CT molecular complexity index is 1210. The first-order valence-electron chi connectivity index (χ1n) is 10.7. The van der Waals surface area contributed by atoms with Crippen molar-refractivity contribution >= 4 is 29.2 Å². The van der Waals surface area contributed by atoms with E-state index in [-0.39, 0.29) is 5.91 Å². The number of hydrogen-bond donors (Lipinski definition) is 0. The van der Waals surface area contributed by atoms with Crippen LogP contribution >= 0.6 is 11.6 Å². The van der Waals surface area contributed by atoms with E-state index in [1.54, 1.807) is 29.2 Å². The van der Waals surface area contributed by atoms with Gasteiger partial charge in [-0.2, -0.15) is 0 Å². The van der Waals surface area contributed by atoms with Crippen LogP contribution in [0.1, 0.15) is 47.8 Å². The monoisotopic (exact) mass is 446 g/mol. The van der Waals surface area contributed by atoms with Crippen molar-refractivity contribution in [2.75, 3.05) is 4.90 Å². The van der Waals surface area contributed by atoms with Crippen LogP contribution in [0.25, 0.3) is 0 Å². The number of amides is 3.